The predicted octanol–water partition coefficient (Wildman–Crippen LogP) is 2.97. The summed E-state index contributed by atoms with van der Waals surface area (Å²) in [7, 11) is 0. The van der Waals surface area contributed by atoms with Gasteiger partial charge in [-0.2, -0.15) is 5.10 Å². The Labute approximate surface area is 126 Å². The van der Waals surface area contributed by atoms with E-state index in [1.165, 1.54) is 0 Å². The van der Waals surface area contributed by atoms with Crippen LogP contribution >= 0.6 is 0 Å². The summed E-state index contributed by atoms with van der Waals surface area (Å²) in [5.41, 5.74) is -0.00869. The van der Waals surface area contributed by atoms with Crippen molar-refractivity contribution in [1.82, 2.24) is 14.7 Å². The summed E-state index contributed by atoms with van der Waals surface area (Å²) >= 11 is 0. The fourth-order valence-electron chi connectivity index (χ4n) is 2.64. The van der Waals surface area contributed by atoms with Crippen LogP contribution in [0.2, 0.25) is 0 Å². The van der Waals surface area contributed by atoms with Crippen LogP contribution in [0, 0.1) is 11.8 Å². The standard InChI is InChI=1S/C17H25N3O/c1-13(2)10-19(11-14(3)4)12-20-17(21)16-8-6-5-7-15(16)9-18-20/h5-9,13-14H,10-12H2,1-4H3. The molecule has 1 aromatic carbocycles. The quantitative estimate of drug-likeness (QED) is 0.820. The van der Waals surface area contributed by atoms with Crippen LogP contribution in [0.4, 0.5) is 0 Å². The second-order valence-electron chi connectivity index (χ2n) is 6.50. The number of hydrogen-bond donors (Lipinski definition) is 0. The van der Waals surface area contributed by atoms with Gasteiger partial charge < -0.3 is 0 Å². The normalized spacial score (nSPS) is 12.0. The second kappa shape index (κ2) is 6.85. The van der Waals surface area contributed by atoms with E-state index >= 15 is 0 Å². The average molecular weight is 287 g/mol. The van der Waals surface area contributed by atoms with Crippen molar-refractivity contribution in [3.8, 4) is 0 Å². The summed E-state index contributed by atoms with van der Waals surface area (Å²) in [6, 6.07) is 7.62. The Balaban J connectivity index is 2.27. The molecule has 0 aliphatic carbocycles. The van der Waals surface area contributed by atoms with Crippen molar-refractivity contribution in [3.63, 3.8) is 0 Å². The lowest BCUT2D eigenvalue weighted by Gasteiger charge is -2.26. The molecule has 0 N–H and O–H groups in total. The molecule has 0 aliphatic heterocycles. The minimum Gasteiger partial charge on any atom is -0.284 e. The third kappa shape index (κ3) is 4.14. The van der Waals surface area contributed by atoms with Gasteiger partial charge in [0.25, 0.3) is 5.56 Å². The molecule has 0 atom stereocenters. The SMILES string of the molecule is CC(C)CN(CC(C)C)Cn1ncc2ccccc2c1=O. The van der Waals surface area contributed by atoms with Crippen LogP contribution in [-0.2, 0) is 6.67 Å². The Kier molecular flexibility index (Phi) is 5.12. The van der Waals surface area contributed by atoms with E-state index in [9.17, 15) is 4.79 Å². The summed E-state index contributed by atoms with van der Waals surface area (Å²) in [6.07, 6.45) is 1.78. The topological polar surface area (TPSA) is 38.1 Å². The first-order valence-electron chi connectivity index (χ1n) is 7.64. The lowest BCUT2D eigenvalue weighted by molar-refractivity contribution is 0.163. The third-order valence-corrected chi connectivity index (χ3v) is 3.34. The number of rotatable bonds is 6. The van der Waals surface area contributed by atoms with Gasteiger partial charge in [-0.15, -0.1) is 0 Å². The predicted molar refractivity (Wildman–Crippen MR) is 87.3 cm³/mol. The zero-order chi connectivity index (χ0) is 15.4. The molecule has 1 aromatic heterocycles. The highest BCUT2D eigenvalue weighted by atomic mass is 16.1. The highest BCUT2D eigenvalue weighted by molar-refractivity contribution is 5.80. The van der Waals surface area contributed by atoms with Crippen LogP contribution in [0.3, 0.4) is 0 Å². The number of fused-ring (bicyclic) bond motifs is 1. The molecule has 0 spiro atoms. The molecular weight excluding hydrogens is 262 g/mol. The van der Waals surface area contributed by atoms with Gasteiger partial charge in [0.05, 0.1) is 18.3 Å². The molecule has 0 amide bonds. The second-order valence-corrected chi connectivity index (χ2v) is 6.50. The Morgan fingerprint density at radius 2 is 1.71 bits per heavy atom. The molecule has 0 radical (unpaired) electrons. The smallest absolute Gasteiger partial charge is 0.275 e. The Morgan fingerprint density at radius 1 is 1.10 bits per heavy atom. The van der Waals surface area contributed by atoms with Gasteiger partial charge in [-0.1, -0.05) is 45.9 Å². The lowest BCUT2D eigenvalue weighted by Crippen LogP contribution is -2.37. The summed E-state index contributed by atoms with van der Waals surface area (Å²) in [5.74, 6) is 1.14. The maximum absolute atomic E-state index is 12.5. The fourth-order valence-corrected chi connectivity index (χ4v) is 2.64. The summed E-state index contributed by atoms with van der Waals surface area (Å²) in [6.45, 7) is 11.3. The van der Waals surface area contributed by atoms with Gasteiger partial charge in [0.2, 0.25) is 0 Å². The summed E-state index contributed by atoms with van der Waals surface area (Å²) < 4.78 is 1.58. The minimum atomic E-state index is -0.00869. The van der Waals surface area contributed by atoms with Gasteiger partial charge >= 0.3 is 0 Å². The molecule has 0 bridgehead atoms. The maximum atomic E-state index is 12.5. The molecular formula is C17H25N3O. The van der Waals surface area contributed by atoms with Crippen LogP contribution in [-0.4, -0.2) is 27.8 Å². The molecule has 0 unspecified atom stereocenters. The van der Waals surface area contributed by atoms with Crippen molar-refractivity contribution in [2.24, 2.45) is 11.8 Å². The number of aromatic nitrogens is 2. The molecule has 21 heavy (non-hydrogen) atoms. The first-order chi connectivity index (χ1) is 9.97. The van der Waals surface area contributed by atoms with E-state index in [1.807, 2.05) is 24.3 Å². The Bertz CT molecular complexity index is 636. The highest BCUT2D eigenvalue weighted by Crippen LogP contribution is 2.08. The molecule has 2 aromatic rings. The van der Waals surface area contributed by atoms with E-state index in [-0.39, 0.29) is 5.56 Å². The van der Waals surface area contributed by atoms with Crippen molar-refractivity contribution in [2.75, 3.05) is 13.1 Å². The van der Waals surface area contributed by atoms with Crippen LogP contribution in [0.5, 0.6) is 0 Å². The number of hydrogen-bond acceptors (Lipinski definition) is 3. The molecule has 4 nitrogen and oxygen atoms in total. The van der Waals surface area contributed by atoms with E-state index in [1.54, 1.807) is 10.9 Å². The zero-order valence-corrected chi connectivity index (χ0v) is 13.4. The van der Waals surface area contributed by atoms with E-state index in [2.05, 4.69) is 37.7 Å². The zero-order valence-electron chi connectivity index (χ0n) is 13.4. The molecule has 1 heterocycles. The Hall–Kier alpha value is -1.68. The third-order valence-electron chi connectivity index (χ3n) is 3.34. The van der Waals surface area contributed by atoms with Crippen molar-refractivity contribution in [1.29, 1.82) is 0 Å². The van der Waals surface area contributed by atoms with E-state index < -0.39 is 0 Å². The highest BCUT2D eigenvalue weighted by Gasteiger charge is 2.12. The maximum Gasteiger partial charge on any atom is 0.275 e. The molecule has 0 saturated heterocycles. The first-order valence-corrected chi connectivity index (χ1v) is 7.64. The van der Waals surface area contributed by atoms with Gasteiger partial charge in [-0.3, -0.25) is 9.69 Å². The molecule has 2 rings (SSSR count). The molecule has 0 saturated carbocycles. The molecule has 0 aliphatic rings. The van der Waals surface area contributed by atoms with Crippen molar-refractivity contribution in [3.05, 3.63) is 40.8 Å². The molecule has 4 heteroatoms. The van der Waals surface area contributed by atoms with Crippen LogP contribution < -0.4 is 5.56 Å². The number of benzene rings is 1. The first kappa shape index (κ1) is 15.7. The van der Waals surface area contributed by atoms with Gasteiger partial charge in [0.15, 0.2) is 0 Å². The average Bonchev–Trinajstić information content (AvgIpc) is 2.41. The summed E-state index contributed by atoms with van der Waals surface area (Å²) in [4.78, 5) is 14.8. The minimum absolute atomic E-state index is 0.00869. The van der Waals surface area contributed by atoms with E-state index in [4.69, 9.17) is 0 Å². The van der Waals surface area contributed by atoms with Gasteiger partial charge in [-0.25, -0.2) is 4.68 Å². The largest absolute Gasteiger partial charge is 0.284 e. The molecule has 0 fully saturated rings. The summed E-state index contributed by atoms with van der Waals surface area (Å²) in [5, 5.41) is 5.96. The van der Waals surface area contributed by atoms with Gasteiger partial charge in [-0.05, 0) is 17.9 Å². The lowest BCUT2D eigenvalue weighted by atomic mass is 10.1. The van der Waals surface area contributed by atoms with Crippen molar-refractivity contribution in [2.45, 2.75) is 34.4 Å². The van der Waals surface area contributed by atoms with E-state index in [0.717, 1.165) is 23.9 Å². The van der Waals surface area contributed by atoms with Crippen LogP contribution in [0.25, 0.3) is 10.8 Å². The van der Waals surface area contributed by atoms with Crippen LogP contribution in [0.15, 0.2) is 35.3 Å². The Morgan fingerprint density at radius 3 is 2.33 bits per heavy atom. The number of nitrogens with zero attached hydrogens (tertiary/aromatic N) is 3. The fraction of sp³-hybridized carbons (Fsp3) is 0.529. The van der Waals surface area contributed by atoms with Crippen LogP contribution in [0.1, 0.15) is 27.7 Å². The van der Waals surface area contributed by atoms with E-state index in [0.29, 0.717) is 18.5 Å². The van der Waals surface area contributed by atoms with Crippen molar-refractivity contribution >= 4 is 10.8 Å². The van der Waals surface area contributed by atoms with Crippen molar-refractivity contribution < 1.29 is 0 Å². The van der Waals surface area contributed by atoms with Gasteiger partial charge in [0, 0.05) is 18.5 Å². The van der Waals surface area contributed by atoms with Gasteiger partial charge in [0.1, 0.15) is 0 Å². The monoisotopic (exact) mass is 287 g/mol. The molecule has 114 valence electrons.